The number of piperazine rings is 2. The van der Waals surface area contributed by atoms with Gasteiger partial charge in [-0.25, -0.2) is 0 Å². The number of rotatable bonds is 6. The zero-order valence-electron chi connectivity index (χ0n) is 29.6. The summed E-state index contributed by atoms with van der Waals surface area (Å²) in [6, 6.07) is 5.73. The maximum Gasteiger partial charge on any atom is 0.299 e. The maximum atomic E-state index is 12.9. The zero-order valence-corrected chi connectivity index (χ0v) is 31.2. The minimum Gasteiger partial charge on any atom is -0.339 e. The lowest BCUT2D eigenvalue weighted by Crippen LogP contribution is -2.52. The topological polar surface area (TPSA) is 167 Å². The molecule has 2 aliphatic heterocycles. The van der Waals surface area contributed by atoms with Crippen molar-refractivity contribution in [2.45, 2.75) is 51.4 Å². The fourth-order valence-corrected chi connectivity index (χ4v) is 7.36. The van der Waals surface area contributed by atoms with E-state index in [2.05, 4.69) is 23.7 Å². The average Bonchev–Trinajstić information content (AvgIpc) is 3.18. The van der Waals surface area contributed by atoms with E-state index in [0.717, 1.165) is 51.4 Å². The van der Waals surface area contributed by atoms with Gasteiger partial charge in [0, 0.05) is 87.2 Å². The summed E-state index contributed by atoms with van der Waals surface area (Å²) in [5, 5.41) is 0. The monoisotopic (exact) mass is 756 g/mol. The van der Waals surface area contributed by atoms with Gasteiger partial charge in [0.2, 0.25) is 23.4 Å². The number of nitrogens with two attached hydrogens (primary N) is 2. The van der Waals surface area contributed by atoms with Crippen molar-refractivity contribution in [3.63, 3.8) is 0 Å². The lowest BCUT2D eigenvalue weighted by molar-refractivity contribution is -0.141. The number of Topliss-reactive ketones (excluding diaryl/α,β-unsaturated/α-hetero) is 2. The van der Waals surface area contributed by atoms with Crippen LogP contribution in [0.25, 0.3) is 0 Å². The summed E-state index contributed by atoms with van der Waals surface area (Å²) in [5.74, 6) is 8.86. The number of benzene rings is 1. The third kappa shape index (κ3) is 11.0. The highest BCUT2D eigenvalue weighted by atomic mass is 35.5. The van der Waals surface area contributed by atoms with Gasteiger partial charge in [-0.3, -0.25) is 28.8 Å². The third-order valence-electron chi connectivity index (χ3n) is 10.8. The van der Waals surface area contributed by atoms with E-state index in [1.807, 2.05) is 9.80 Å². The van der Waals surface area contributed by atoms with E-state index in [0.29, 0.717) is 77.3 Å². The zero-order chi connectivity index (χ0) is 35.6. The van der Waals surface area contributed by atoms with Crippen molar-refractivity contribution < 1.29 is 28.8 Å². The Balaban J connectivity index is 0.00000364. The lowest BCUT2D eigenvalue weighted by Gasteiger charge is -2.37. The van der Waals surface area contributed by atoms with E-state index in [-0.39, 0.29) is 59.6 Å². The number of hydrogen-bond donors (Lipinski definition) is 2. The van der Waals surface area contributed by atoms with Gasteiger partial charge < -0.3 is 31.1 Å². The van der Waals surface area contributed by atoms with E-state index >= 15 is 0 Å². The first kappa shape index (κ1) is 42.5. The summed E-state index contributed by atoms with van der Waals surface area (Å²) >= 11 is 0. The van der Waals surface area contributed by atoms with Crippen LogP contribution in [-0.2, 0) is 19.2 Å². The molecule has 2 saturated heterocycles. The first-order valence-electron chi connectivity index (χ1n) is 17.9. The van der Waals surface area contributed by atoms with Gasteiger partial charge >= 0.3 is 0 Å². The first-order chi connectivity index (χ1) is 24.2. The number of amides is 4. The average molecular weight is 758 g/mol. The van der Waals surface area contributed by atoms with Gasteiger partial charge in [0.15, 0.2) is 0 Å². The molecule has 5 rings (SSSR count). The molecule has 4 amide bonds. The van der Waals surface area contributed by atoms with Gasteiger partial charge in [0.25, 0.3) is 11.8 Å². The van der Waals surface area contributed by atoms with Gasteiger partial charge in [-0.15, -0.1) is 24.8 Å². The molecule has 0 unspecified atom stereocenters. The fraction of sp³-hybridized carbons (Fsp3) is 0.579. The molecule has 0 radical (unpaired) electrons. The van der Waals surface area contributed by atoms with E-state index in [1.165, 1.54) is 24.3 Å². The SMILES string of the molecule is Cl.Cl.NC[C@H]1CC[C@H](C(=O)N2CCN(C(=O)C#CC(=O)c3ccc(C(=O)C#CC(=O)N4CCN(C(=O)[C@H]5CC[C@H](CN)CC5)CC4)cc3)CC2)CC1. The van der Waals surface area contributed by atoms with Crippen LogP contribution in [-0.4, -0.2) is 120 Å². The van der Waals surface area contributed by atoms with Crippen LogP contribution in [0.15, 0.2) is 24.3 Å². The molecule has 14 heteroatoms. The second-order valence-corrected chi connectivity index (χ2v) is 13.9. The van der Waals surface area contributed by atoms with Gasteiger partial charge in [-0.2, -0.15) is 0 Å². The molecule has 0 atom stereocenters. The molecular formula is C38H50Cl2N6O6. The number of halogens is 2. The molecule has 2 heterocycles. The Bertz CT molecular complexity index is 1450. The van der Waals surface area contributed by atoms with Crippen molar-refractivity contribution in [3.05, 3.63) is 35.4 Å². The predicted octanol–water partition coefficient (Wildman–Crippen LogP) is 1.77. The van der Waals surface area contributed by atoms with Crippen LogP contribution in [0.3, 0.4) is 0 Å². The molecule has 0 spiro atoms. The summed E-state index contributed by atoms with van der Waals surface area (Å²) < 4.78 is 0. The van der Waals surface area contributed by atoms with E-state index in [1.54, 1.807) is 9.80 Å². The highest BCUT2D eigenvalue weighted by molar-refractivity contribution is 6.14. The van der Waals surface area contributed by atoms with Crippen molar-refractivity contribution in [3.8, 4) is 23.7 Å². The number of carbonyl (C=O) groups excluding carboxylic acids is 6. The van der Waals surface area contributed by atoms with Gasteiger partial charge in [-0.05, 0) is 112 Å². The maximum absolute atomic E-state index is 12.9. The summed E-state index contributed by atoms with van der Waals surface area (Å²) in [6.07, 6.45) is 7.33. The Morgan fingerprint density at radius 2 is 0.769 bits per heavy atom. The minimum absolute atomic E-state index is 0. The van der Waals surface area contributed by atoms with Gasteiger partial charge in [-0.1, -0.05) is 0 Å². The largest absolute Gasteiger partial charge is 0.339 e. The standard InChI is InChI=1S/C38H48N6O6.2ClH/c39-25-27-1-5-31(6-2-27)37(49)43-21-17-41(18-22-43)35(47)15-13-33(45)29-9-11-30(12-10-29)34(46)14-16-36(48)42-19-23-44(24-20-42)38(50)32-7-3-28(26-40)4-8-32;;/h9-12,27-28,31-32H,1-8,17-26,39-40H2;2*1H/t27-,28-,31-,32-;;. The highest BCUT2D eigenvalue weighted by Crippen LogP contribution is 2.31. The quantitative estimate of drug-likeness (QED) is 0.252. The van der Waals surface area contributed by atoms with Crippen molar-refractivity contribution >= 4 is 60.0 Å². The fourth-order valence-electron chi connectivity index (χ4n) is 7.36. The predicted molar refractivity (Wildman–Crippen MR) is 200 cm³/mol. The minimum atomic E-state index is -0.568. The molecular weight excluding hydrogens is 707 g/mol. The number of ketones is 2. The molecule has 1 aromatic rings. The third-order valence-corrected chi connectivity index (χ3v) is 10.8. The Morgan fingerprint density at radius 1 is 0.481 bits per heavy atom. The van der Waals surface area contributed by atoms with Crippen LogP contribution >= 0.6 is 24.8 Å². The summed E-state index contributed by atoms with van der Waals surface area (Å²) in [6.45, 7) is 4.53. The molecule has 2 aliphatic carbocycles. The normalized spacial score (nSPS) is 23.0. The number of carbonyl (C=O) groups is 6. The second-order valence-electron chi connectivity index (χ2n) is 13.9. The van der Waals surface area contributed by atoms with Gasteiger partial charge in [0.05, 0.1) is 0 Å². The van der Waals surface area contributed by atoms with Crippen LogP contribution < -0.4 is 11.5 Å². The summed E-state index contributed by atoms with van der Waals surface area (Å²) in [7, 11) is 0. The van der Waals surface area contributed by atoms with Gasteiger partial charge in [0.1, 0.15) is 0 Å². The molecule has 2 saturated carbocycles. The lowest BCUT2D eigenvalue weighted by atomic mass is 9.81. The second kappa shape index (κ2) is 20.3. The molecule has 4 N–H and O–H groups in total. The molecule has 0 aromatic heterocycles. The van der Waals surface area contributed by atoms with Crippen LogP contribution in [0.4, 0.5) is 0 Å². The van der Waals surface area contributed by atoms with Crippen LogP contribution in [0.5, 0.6) is 0 Å². The molecule has 1 aromatic carbocycles. The summed E-state index contributed by atoms with van der Waals surface area (Å²) in [4.78, 5) is 83.2. The van der Waals surface area contributed by atoms with E-state index in [4.69, 9.17) is 11.5 Å². The first-order valence-corrected chi connectivity index (χ1v) is 17.9. The Morgan fingerprint density at radius 3 is 1.06 bits per heavy atom. The molecule has 4 aliphatic rings. The van der Waals surface area contributed by atoms with Crippen LogP contribution in [0, 0.1) is 47.4 Å². The molecule has 4 fully saturated rings. The van der Waals surface area contributed by atoms with Crippen molar-refractivity contribution in [2.75, 3.05) is 65.4 Å². The Kier molecular flexibility index (Phi) is 16.6. The molecule has 52 heavy (non-hydrogen) atoms. The smallest absolute Gasteiger partial charge is 0.299 e. The van der Waals surface area contributed by atoms with Crippen molar-refractivity contribution in [1.29, 1.82) is 0 Å². The van der Waals surface area contributed by atoms with Crippen molar-refractivity contribution in [1.82, 2.24) is 19.6 Å². The van der Waals surface area contributed by atoms with Crippen LogP contribution in [0.1, 0.15) is 72.1 Å². The Labute approximate surface area is 318 Å². The highest BCUT2D eigenvalue weighted by Gasteiger charge is 2.33. The van der Waals surface area contributed by atoms with E-state index in [9.17, 15) is 28.8 Å². The molecule has 282 valence electrons. The van der Waals surface area contributed by atoms with E-state index < -0.39 is 23.4 Å². The van der Waals surface area contributed by atoms with Crippen molar-refractivity contribution in [2.24, 2.45) is 35.1 Å². The number of nitrogens with zero attached hydrogens (tertiary/aromatic N) is 4. The number of hydrogen-bond acceptors (Lipinski definition) is 8. The van der Waals surface area contributed by atoms with Crippen LogP contribution in [0.2, 0.25) is 0 Å². The molecule has 12 nitrogen and oxygen atoms in total. The molecule has 0 bridgehead atoms. The summed E-state index contributed by atoms with van der Waals surface area (Å²) in [5.41, 5.74) is 12.0. The Hall–Kier alpha value is -3.94.